The molecule has 1 saturated heterocycles. The molecular weight excluding hydrogens is 463 g/mol. The van der Waals surface area contributed by atoms with Gasteiger partial charge in [-0.15, -0.1) is 0 Å². The Labute approximate surface area is 204 Å². The lowest BCUT2D eigenvalue weighted by molar-refractivity contribution is -0.558. The highest BCUT2D eigenvalue weighted by atomic mass is 19.4. The number of aliphatic hydroxyl groups excluding tert-OH is 1. The third kappa shape index (κ3) is 8.74. The number of piperidine rings is 1. The van der Waals surface area contributed by atoms with Crippen LogP contribution in [0.5, 0.6) is 5.88 Å². The smallest absolute Gasteiger partial charge is 0.477 e. The van der Waals surface area contributed by atoms with E-state index in [0.29, 0.717) is 50.8 Å². The van der Waals surface area contributed by atoms with Crippen LogP contribution in [0.3, 0.4) is 0 Å². The molecule has 2 N–H and O–H groups in total. The van der Waals surface area contributed by atoms with E-state index >= 15 is 0 Å². The lowest BCUT2D eigenvalue weighted by Gasteiger charge is -2.23. The lowest BCUT2D eigenvalue weighted by Crippen LogP contribution is -2.38. The molecule has 1 aromatic heterocycles. The van der Waals surface area contributed by atoms with Crippen LogP contribution in [0.15, 0.2) is 24.4 Å². The SMILES string of the molecule is CC(C)(C)OC(O)=[N+]1CCC(COc2ccc(C3=CCC(C(=O)NCC(F)(F)F)CC3)cn2)CC1. The molecule has 1 amide bonds. The van der Waals surface area contributed by atoms with Crippen molar-refractivity contribution in [3.63, 3.8) is 0 Å². The molecule has 0 spiro atoms. The summed E-state index contributed by atoms with van der Waals surface area (Å²) in [7, 11) is 0. The van der Waals surface area contributed by atoms with Crippen molar-refractivity contribution in [1.29, 1.82) is 0 Å². The Morgan fingerprint density at radius 1 is 1.20 bits per heavy atom. The first-order valence-electron chi connectivity index (χ1n) is 12.0. The number of amides is 1. The molecule has 7 nitrogen and oxygen atoms in total. The average Bonchev–Trinajstić information content (AvgIpc) is 2.80. The first-order valence-corrected chi connectivity index (χ1v) is 12.0. The predicted molar refractivity (Wildman–Crippen MR) is 125 cm³/mol. The Hall–Kier alpha value is -2.78. The summed E-state index contributed by atoms with van der Waals surface area (Å²) in [6.45, 7) is 6.33. The average molecular weight is 499 g/mol. The van der Waals surface area contributed by atoms with Crippen LogP contribution in [0, 0.1) is 11.8 Å². The van der Waals surface area contributed by atoms with Gasteiger partial charge in [-0.2, -0.15) is 17.7 Å². The fourth-order valence-corrected chi connectivity index (χ4v) is 4.15. The molecule has 0 aromatic carbocycles. The Morgan fingerprint density at radius 3 is 2.46 bits per heavy atom. The summed E-state index contributed by atoms with van der Waals surface area (Å²) >= 11 is 0. The zero-order chi connectivity index (χ0) is 25.6. The zero-order valence-corrected chi connectivity index (χ0v) is 20.5. The molecule has 35 heavy (non-hydrogen) atoms. The van der Waals surface area contributed by atoms with Gasteiger partial charge in [0.1, 0.15) is 25.2 Å². The number of rotatable bonds is 6. The quantitative estimate of drug-likeness (QED) is 0.447. The van der Waals surface area contributed by atoms with Gasteiger partial charge in [-0.25, -0.2) is 4.98 Å². The molecule has 1 aliphatic heterocycles. The summed E-state index contributed by atoms with van der Waals surface area (Å²) < 4.78 is 50.1. The van der Waals surface area contributed by atoms with Crippen molar-refractivity contribution in [3.05, 3.63) is 30.0 Å². The minimum absolute atomic E-state index is 0.0283. The summed E-state index contributed by atoms with van der Waals surface area (Å²) in [6.07, 6.45) is 2.46. The van der Waals surface area contributed by atoms with Gasteiger partial charge in [0, 0.05) is 36.9 Å². The highest BCUT2D eigenvalue weighted by molar-refractivity contribution is 5.80. The summed E-state index contributed by atoms with van der Waals surface area (Å²) in [5.41, 5.74) is 1.51. The number of allylic oxidation sites excluding steroid dienone is 2. The summed E-state index contributed by atoms with van der Waals surface area (Å²) in [4.78, 5) is 16.3. The second-order valence-corrected chi connectivity index (χ2v) is 10.2. The van der Waals surface area contributed by atoms with E-state index in [1.54, 1.807) is 6.20 Å². The van der Waals surface area contributed by atoms with E-state index in [-0.39, 0.29) is 6.08 Å². The van der Waals surface area contributed by atoms with Crippen molar-refractivity contribution in [2.75, 3.05) is 26.2 Å². The number of ether oxygens (including phenoxy) is 2. The highest BCUT2D eigenvalue weighted by Crippen LogP contribution is 2.31. The maximum absolute atomic E-state index is 12.3. The molecule has 1 aromatic rings. The second-order valence-electron chi connectivity index (χ2n) is 10.2. The van der Waals surface area contributed by atoms with Gasteiger partial charge in [-0.1, -0.05) is 6.08 Å². The number of pyridine rings is 1. The van der Waals surface area contributed by atoms with E-state index in [0.717, 1.165) is 24.0 Å². The predicted octanol–water partition coefficient (Wildman–Crippen LogP) is 4.47. The summed E-state index contributed by atoms with van der Waals surface area (Å²) in [5, 5.41) is 12.1. The first-order chi connectivity index (χ1) is 16.4. The van der Waals surface area contributed by atoms with Crippen LogP contribution in [-0.4, -0.2) is 64.7 Å². The number of carbonyl (C=O) groups excluding carboxylic acids is 1. The van der Waals surface area contributed by atoms with Gasteiger partial charge in [0.2, 0.25) is 11.8 Å². The third-order valence-corrected chi connectivity index (χ3v) is 6.10. The number of aliphatic hydroxyl groups is 1. The minimum atomic E-state index is -4.40. The number of carbonyl (C=O) groups is 1. The Bertz CT molecular complexity index is 927. The van der Waals surface area contributed by atoms with Gasteiger partial charge in [0.25, 0.3) is 0 Å². The van der Waals surface area contributed by atoms with Crippen molar-refractivity contribution in [3.8, 4) is 5.88 Å². The molecule has 0 saturated carbocycles. The van der Waals surface area contributed by atoms with Gasteiger partial charge in [-0.05, 0) is 57.2 Å². The summed E-state index contributed by atoms with van der Waals surface area (Å²) in [6, 6.07) is 3.72. The van der Waals surface area contributed by atoms with Crippen LogP contribution in [0.25, 0.3) is 5.57 Å². The van der Waals surface area contributed by atoms with Crippen LogP contribution < -0.4 is 10.1 Å². The maximum atomic E-state index is 12.3. The number of nitrogens with zero attached hydrogens (tertiary/aromatic N) is 2. The lowest BCUT2D eigenvalue weighted by atomic mass is 9.86. The maximum Gasteiger partial charge on any atom is 0.547 e. The van der Waals surface area contributed by atoms with E-state index in [4.69, 9.17) is 9.47 Å². The van der Waals surface area contributed by atoms with Crippen LogP contribution in [0.2, 0.25) is 0 Å². The fourth-order valence-electron chi connectivity index (χ4n) is 4.15. The van der Waals surface area contributed by atoms with E-state index < -0.39 is 30.1 Å². The van der Waals surface area contributed by atoms with Gasteiger partial charge in [-0.3, -0.25) is 4.79 Å². The number of aromatic nitrogens is 1. The van der Waals surface area contributed by atoms with E-state index in [1.165, 1.54) is 0 Å². The fraction of sp³-hybridized carbons (Fsp3) is 0.640. The van der Waals surface area contributed by atoms with Crippen molar-refractivity contribution in [1.82, 2.24) is 10.3 Å². The molecule has 0 radical (unpaired) electrons. The Kier molecular flexibility index (Phi) is 8.66. The van der Waals surface area contributed by atoms with E-state index in [1.807, 2.05) is 48.9 Å². The minimum Gasteiger partial charge on any atom is -0.477 e. The molecule has 194 valence electrons. The van der Waals surface area contributed by atoms with E-state index in [2.05, 4.69) is 4.98 Å². The monoisotopic (exact) mass is 498 g/mol. The topological polar surface area (TPSA) is 83.7 Å². The molecule has 2 heterocycles. The van der Waals surface area contributed by atoms with Gasteiger partial charge in [0.05, 0.1) is 6.61 Å². The number of halogens is 3. The van der Waals surface area contributed by atoms with Crippen LogP contribution in [0.1, 0.15) is 58.4 Å². The molecule has 1 aliphatic carbocycles. The Morgan fingerprint density at radius 2 is 1.91 bits per heavy atom. The number of hydrogen-bond acceptors (Lipinski definition) is 4. The zero-order valence-electron chi connectivity index (χ0n) is 20.5. The summed E-state index contributed by atoms with van der Waals surface area (Å²) in [5.74, 6) is -0.109. The van der Waals surface area contributed by atoms with Crippen molar-refractivity contribution < 1.29 is 37.1 Å². The van der Waals surface area contributed by atoms with Crippen LogP contribution in [-0.2, 0) is 9.53 Å². The molecule has 1 fully saturated rings. The largest absolute Gasteiger partial charge is 0.547 e. The standard InChI is InChI=1S/C25H34F3N3O4/c1-24(2,3)35-23(33)31-12-10-17(11-13-31)15-34-21-9-8-20(14-29-21)18-4-6-19(7-5-18)22(32)30-16-25(26,27)28/h4,8-9,14,17,19H,5-7,10-13,15-16H2,1-3H3,(H,30,32)/p+1. The number of alkyl halides is 3. The number of hydrogen-bond donors (Lipinski definition) is 2. The van der Waals surface area contributed by atoms with Crippen molar-refractivity contribution in [2.45, 2.75) is 64.7 Å². The Balaban J connectivity index is 1.44. The van der Waals surface area contributed by atoms with Gasteiger partial charge >= 0.3 is 12.3 Å². The molecule has 0 bridgehead atoms. The van der Waals surface area contributed by atoms with Gasteiger partial charge in [0.15, 0.2) is 0 Å². The third-order valence-electron chi connectivity index (χ3n) is 6.10. The molecule has 2 aliphatic rings. The molecular formula is C25H35F3N3O4+. The van der Waals surface area contributed by atoms with E-state index in [9.17, 15) is 23.1 Å². The molecule has 1 atom stereocenters. The normalized spacial score (nSPS) is 21.2. The molecule has 3 rings (SSSR count). The first kappa shape index (κ1) is 26.8. The second kappa shape index (κ2) is 11.3. The molecule has 10 heteroatoms. The van der Waals surface area contributed by atoms with Crippen LogP contribution >= 0.6 is 0 Å². The van der Waals surface area contributed by atoms with Crippen LogP contribution in [0.4, 0.5) is 13.2 Å². The molecule has 1 unspecified atom stereocenters. The number of nitrogens with one attached hydrogen (secondary N) is 1. The highest BCUT2D eigenvalue weighted by Gasteiger charge is 2.31. The van der Waals surface area contributed by atoms with Gasteiger partial charge < -0.3 is 19.9 Å². The van der Waals surface area contributed by atoms with Crippen molar-refractivity contribution >= 4 is 17.6 Å². The van der Waals surface area contributed by atoms with Crippen molar-refractivity contribution in [2.24, 2.45) is 11.8 Å².